The molecule has 14 heteroatoms. The number of halogens is 2. The molecule has 55 heavy (non-hydrogen) atoms. The summed E-state index contributed by atoms with van der Waals surface area (Å²) in [5.41, 5.74) is 1.42. The number of anilines is 1. The third kappa shape index (κ3) is 6.93. The van der Waals surface area contributed by atoms with Crippen LogP contribution in [0.3, 0.4) is 0 Å². The standard InChI is InChI=1S/C41H42ClFN6O6/c1-40(2)38(41(3,4)39(40)55-26-8-6-24(22-44)30(42)21-26)46-34(51)28-9-5-23(19-31(28)43)13-14-47-15-17-48(18-16-47)25-7-10-27-29(20-25)37(54)49(36(27)53)32-11-12-33(50)45-35(32)52/h5-10,19-21,32,38-39H,11-18H2,1-4H3,(H,46,51)(H,45,50,52). The first-order valence-electron chi connectivity index (χ1n) is 18.4. The van der Waals surface area contributed by atoms with E-state index in [1.165, 1.54) is 12.1 Å². The van der Waals surface area contributed by atoms with Crippen molar-refractivity contribution in [1.29, 1.82) is 5.26 Å². The molecule has 3 aromatic carbocycles. The normalized spacial score (nSPS) is 23.1. The van der Waals surface area contributed by atoms with Crippen LogP contribution in [-0.2, 0) is 16.0 Å². The van der Waals surface area contributed by atoms with Crippen LogP contribution in [0.1, 0.15) is 82.7 Å². The zero-order valence-corrected chi connectivity index (χ0v) is 31.8. The maximum atomic E-state index is 15.4. The van der Waals surface area contributed by atoms with E-state index < -0.39 is 52.2 Å². The maximum absolute atomic E-state index is 15.4. The van der Waals surface area contributed by atoms with Crippen molar-refractivity contribution < 1.29 is 33.1 Å². The fourth-order valence-electron chi connectivity index (χ4n) is 8.88. The molecule has 0 aromatic heterocycles. The Morgan fingerprint density at radius 3 is 2.33 bits per heavy atom. The molecule has 12 nitrogen and oxygen atoms in total. The number of carbonyl (C=O) groups excluding carboxylic acids is 5. The van der Waals surface area contributed by atoms with Gasteiger partial charge >= 0.3 is 0 Å². The molecule has 2 N–H and O–H groups in total. The minimum atomic E-state index is -1.01. The molecular formula is C41H42ClFN6O6. The smallest absolute Gasteiger partial charge is 0.262 e. The lowest BCUT2D eigenvalue weighted by Crippen LogP contribution is -2.74. The second kappa shape index (κ2) is 14.4. The Morgan fingerprint density at radius 1 is 0.964 bits per heavy atom. The molecular weight excluding hydrogens is 727 g/mol. The SMILES string of the molecule is CC1(C)C(NC(=O)c2ccc(CCN3CCN(c4ccc5c(c4)C(=O)N(C4CCC(=O)NC4=O)C5=O)CC3)cc2F)C(C)(C)C1Oc1ccc(C#N)c(Cl)c1. The van der Waals surface area contributed by atoms with E-state index in [1.54, 1.807) is 42.5 Å². The molecule has 3 fully saturated rings. The van der Waals surface area contributed by atoms with Crippen LogP contribution in [0.4, 0.5) is 10.1 Å². The summed E-state index contributed by atoms with van der Waals surface area (Å²) in [6, 6.07) is 15.5. The highest BCUT2D eigenvalue weighted by Crippen LogP contribution is 2.55. The molecule has 1 aliphatic carbocycles. The molecule has 1 unspecified atom stereocenters. The highest BCUT2D eigenvalue weighted by molar-refractivity contribution is 6.31. The van der Waals surface area contributed by atoms with Crippen LogP contribution >= 0.6 is 11.6 Å². The number of amides is 5. The van der Waals surface area contributed by atoms with E-state index in [9.17, 15) is 29.2 Å². The first-order chi connectivity index (χ1) is 26.1. The summed E-state index contributed by atoms with van der Waals surface area (Å²) in [4.78, 5) is 69.1. The molecule has 3 aliphatic heterocycles. The Labute approximate surface area is 323 Å². The van der Waals surface area contributed by atoms with Gasteiger partial charge in [-0.1, -0.05) is 45.4 Å². The van der Waals surface area contributed by atoms with Gasteiger partial charge in [0, 0.05) is 67.8 Å². The van der Waals surface area contributed by atoms with Gasteiger partial charge < -0.3 is 15.0 Å². The van der Waals surface area contributed by atoms with Crippen molar-refractivity contribution in [2.24, 2.45) is 10.8 Å². The van der Waals surface area contributed by atoms with Crippen LogP contribution in [0.5, 0.6) is 5.75 Å². The van der Waals surface area contributed by atoms with Gasteiger partial charge in [0.25, 0.3) is 17.7 Å². The Kier molecular flexibility index (Phi) is 9.94. The lowest BCUT2D eigenvalue weighted by atomic mass is 9.49. The summed E-state index contributed by atoms with van der Waals surface area (Å²) in [6.45, 7) is 11.5. The molecule has 0 bridgehead atoms. The fraction of sp³-hybridized carbons (Fsp3) is 0.415. The van der Waals surface area contributed by atoms with Crippen LogP contribution in [0, 0.1) is 28.0 Å². The lowest BCUT2D eigenvalue weighted by molar-refractivity contribution is -0.164. The quantitative estimate of drug-likeness (QED) is 0.295. The minimum absolute atomic E-state index is 0.0260. The van der Waals surface area contributed by atoms with Crippen molar-refractivity contribution >= 4 is 46.8 Å². The zero-order valence-electron chi connectivity index (χ0n) is 31.1. The number of hydrogen-bond donors (Lipinski definition) is 2. The van der Waals surface area contributed by atoms with E-state index in [0.29, 0.717) is 42.4 Å². The van der Waals surface area contributed by atoms with Gasteiger partial charge in [0.2, 0.25) is 11.8 Å². The predicted octanol–water partition coefficient (Wildman–Crippen LogP) is 4.73. The van der Waals surface area contributed by atoms with Crippen molar-refractivity contribution in [2.45, 2.75) is 65.1 Å². The maximum Gasteiger partial charge on any atom is 0.262 e. The molecule has 7 rings (SSSR count). The number of nitriles is 1. The average Bonchev–Trinajstić information content (AvgIpc) is 3.40. The molecule has 3 aromatic rings. The largest absolute Gasteiger partial charge is 0.489 e. The summed E-state index contributed by atoms with van der Waals surface area (Å²) in [6.07, 6.45) is 0.466. The van der Waals surface area contributed by atoms with E-state index >= 15 is 4.39 Å². The van der Waals surface area contributed by atoms with E-state index in [4.69, 9.17) is 16.3 Å². The number of hydrogen-bond acceptors (Lipinski definition) is 9. The van der Waals surface area contributed by atoms with Gasteiger partial charge in [0.15, 0.2) is 0 Å². The average molecular weight is 769 g/mol. The van der Waals surface area contributed by atoms with Gasteiger partial charge in [0.05, 0.1) is 27.3 Å². The topological polar surface area (TPSA) is 152 Å². The van der Waals surface area contributed by atoms with Crippen molar-refractivity contribution in [3.05, 3.63) is 93.3 Å². The molecule has 1 saturated carbocycles. The number of piperazine rings is 1. The first kappa shape index (κ1) is 38.0. The van der Waals surface area contributed by atoms with E-state index in [1.807, 2.05) is 33.8 Å². The van der Waals surface area contributed by atoms with Crippen LogP contribution < -0.4 is 20.3 Å². The first-order valence-corrected chi connectivity index (χ1v) is 18.8. The van der Waals surface area contributed by atoms with Crippen LogP contribution in [0.25, 0.3) is 0 Å². The summed E-state index contributed by atoms with van der Waals surface area (Å²) < 4.78 is 21.7. The van der Waals surface area contributed by atoms with Crippen LogP contribution in [0.15, 0.2) is 54.6 Å². The molecule has 4 aliphatic rings. The molecule has 0 radical (unpaired) electrons. The monoisotopic (exact) mass is 768 g/mol. The van der Waals surface area contributed by atoms with E-state index in [-0.39, 0.29) is 41.7 Å². The highest BCUT2D eigenvalue weighted by Gasteiger charge is 2.64. The number of piperidine rings is 1. The number of carbonyl (C=O) groups is 5. The fourth-order valence-corrected chi connectivity index (χ4v) is 9.09. The third-order valence-corrected chi connectivity index (χ3v) is 11.9. The van der Waals surface area contributed by atoms with Crippen molar-refractivity contribution in [2.75, 3.05) is 37.6 Å². The van der Waals surface area contributed by atoms with Gasteiger partial charge in [-0.25, -0.2) is 4.39 Å². The van der Waals surface area contributed by atoms with Gasteiger partial charge in [-0.3, -0.25) is 39.1 Å². The number of fused-ring (bicyclic) bond motifs is 1. The Bertz CT molecular complexity index is 2140. The number of nitrogens with one attached hydrogen (secondary N) is 2. The molecule has 286 valence electrons. The number of benzene rings is 3. The van der Waals surface area contributed by atoms with E-state index in [2.05, 4.69) is 20.4 Å². The summed E-state index contributed by atoms with van der Waals surface area (Å²) in [5.74, 6) is -2.68. The Morgan fingerprint density at radius 2 is 1.67 bits per heavy atom. The zero-order chi connectivity index (χ0) is 39.4. The van der Waals surface area contributed by atoms with Crippen LogP contribution in [-0.4, -0.2) is 90.2 Å². The van der Waals surface area contributed by atoms with Crippen LogP contribution in [0.2, 0.25) is 5.02 Å². The number of ether oxygens (including phenoxy) is 1. The Hall–Kier alpha value is -5.32. The van der Waals surface area contributed by atoms with Gasteiger partial charge in [0.1, 0.15) is 29.8 Å². The summed E-state index contributed by atoms with van der Waals surface area (Å²) in [7, 11) is 0. The van der Waals surface area contributed by atoms with Crippen molar-refractivity contribution in [3.8, 4) is 11.8 Å². The number of imide groups is 2. The van der Waals surface area contributed by atoms with Gasteiger partial charge in [-0.05, 0) is 60.9 Å². The molecule has 1 atom stereocenters. The van der Waals surface area contributed by atoms with Gasteiger partial charge in [-0.15, -0.1) is 0 Å². The summed E-state index contributed by atoms with van der Waals surface area (Å²) >= 11 is 6.21. The highest BCUT2D eigenvalue weighted by atomic mass is 35.5. The molecule has 5 amide bonds. The Balaban J connectivity index is 0.908. The second-order valence-electron chi connectivity index (χ2n) is 15.9. The van der Waals surface area contributed by atoms with Crippen molar-refractivity contribution in [1.82, 2.24) is 20.4 Å². The third-order valence-electron chi connectivity index (χ3n) is 11.6. The lowest BCUT2D eigenvalue weighted by Gasteiger charge is -2.63. The van der Waals surface area contributed by atoms with Gasteiger partial charge in [-0.2, -0.15) is 5.26 Å². The molecule has 3 heterocycles. The minimum Gasteiger partial charge on any atom is -0.489 e. The van der Waals surface area contributed by atoms with E-state index in [0.717, 1.165) is 29.2 Å². The second-order valence-corrected chi connectivity index (χ2v) is 16.3. The summed E-state index contributed by atoms with van der Waals surface area (Å²) in [5, 5.41) is 14.8. The predicted molar refractivity (Wildman–Crippen MR) is 201 cm³/mol. The number of nitrogens with zero attached hydrogens (tertiary/aromatic N) is 4. The molecule has 0 spiro atoms. The van der Waals surface area contributed by atoms with Crippen molar-refractivity contribution in [3.63, 3.8) is 0 Å². The molecule has 2 saturated heterocycles. The number of rotatable bonds is 9.